The summed E-state index contributed by atoms with van der Waals surface area (Å²) < 4.78 is 16.4. The average molecular weight is 388 g/mol. The lowest BCUT2D eigenvalue weighted by atomic mass is 10.1. The van der Waals surface area contributed by atoms with E-state index in [1.165, 1.54) is 0 Å². The van der Waals surface area contributed by atoms with Gasteiger partial charge >= 0.3 is 0 Å². The van der Waals surface area contributed by atoms with E-state index < -0.39 is 0 Å². The van der Waals surface area contributed by atoms with Crippen LogP contribution in [0.1, 0.15) is 48.0 Å². The largest absolute Gasteiger partial charge is 0.377 e. The Bertz CT molecular complexity index is 317. The van der Waals surface area contributed by atoms with Gasteiger partial charge in [0, 0.05) is 32.7 Å². The molecule has 0 aromatic rings. The lowest BCUT2D eigenvalue weighted by molar-refractivity contribution is -0.00782. The van der Waals surface area contributed by atoms with Crippen molar-refractivity contribution in [2.75, 3.05) is 59.1 Å². The Morgan fingerprint density at radius 1 is 0.667 bits per heavy atom. The molecule has 0 amide bonds. The minimum absolute atomic E-state index is 0.101. The number of nitrogens with one attached hydrogen (secondary N) is 3. The third kappa shape index (κ3) is 12.0. The van der Waals surface area contributed by atoms with E-state index in [2.05, 4.69) is 57.5 Å². The predicted octanol–water partition coefficient (Wildman–Crippen LogP) is 2.04. The fraction of sp³-hybridized carbons (Fsp3) is 1.00. The van der Waals surface area contributed by atoms with E-state index in [9.17, 15) is 0 Å². The minimum Gasteiger partial charge on any atom is -0.377 e. The van der Waals surface area contributed by atoms with Crippen LogP contribution in [0.4, 0.5) is 0 Å². The topological polar surface area (TPSA) is 63.8 Å². The molecule has 0 aromatic carbocycles. The predicted molar refractivity (Wildman–Crippen MR) is 112 cm³/mol. The highest BCUT2D eigenvalue weighted by molar-refractivity contribution is 4.72. The van der Waals surface area contributed by atoms with Gasteiger partial charge in [0.15, 0.2) is 0 Å². The van der Waals surface area contributed by atoms with Crippen molar-refractivity contribution < 1.29 is 14.2 Å². The van der Waals surface area contributed by atoms with Crippen LogP contribution in [0.5, 0.6) is 0 Å². The van der Waals surface area contributed by atoms with Crippen molar-refractivity contribution >= 4 is 0 Å². The molecule has 3 aliphatic rings. The lowest BCUT2D eigenvalue weighted by Gasteiger charge is -2.21. The Hall–Kier alpha value is -0.240. The summed E-state index contributed by atoms with van der Waals surface area (Å²) in [4.78, 5) is 0. The molecule has 0 spiro atoms. The highest BCUT2D eigenvalue weighted by Gasteiger charge is 2.19. The number of hydrogen-bond acceptors (Lipinski definition) is 6. The zero-order valence-corrected chi connectivity index (χ0v) is 18.6. The van der Waals surface area contributed by atoms with E-state index >= 15 is 0 Å². The Balaban J connectivity index is 0.000000202. The van der Waals surface area contributed by atoms with Crippen molar-refractivity contribution in [3.05, 3.63) is 0 Å². The zero-order chi connectivity index (χ0) is 20.1. The van der Waals surface area contributed by atoms with Gasteiger partial charge in [-0.2, -0.15) is 0 Å². The van der Waals surface area contributed by atoms with Gasteiger partial charge < -0.3 is 30.2 Å². The Labute approximate surface area is 167 Å². The van der Waals surface area contributed by atoms with Gasteiger partial charge in [0.25, 0.3) is 0 Å². The van der Waals surface area contributed by atoms with Crippen LogP contribution < -0.4 is 16.0 Å². The van der Waals surface area contributed by atoms with Gasteiger partial charge in [0.2, 0.25) is 0 Å². The molecule has 6 heteroatoms. The molecular formula is C21H45N3O3. The average Bonchev–Trinajstić information content (AvgIpc) is 3.03. The van der Waals surface area contributed by atoms with Crippen LogP contribution in [0.15, 0.2) is 0 Å². The first-order chi connectivity index (χ1) is 12.8. The molecule has 0 radical (unpaired) electrons. The van der Waals surface area contributed by atoms with E-state index in [1.807, 2.05) is 0 Å². The van der Waals surface area contributed by atoms with Crippen LogP contribution in [0.2, 0.25) is 0 Å². The normalized spacial score (nSPS) is 34.4. The molecule has 4 atom stereocenters. The van der Waals surface area contributed by atoms with E-state index in [0.29, 0.717) is 24.0 Å². The monoisotopic (exact) mass is 387 g/mol. The van der Waals surface area contributed by atoms with Gasteiger partial charge in [-0.05, 0) is 52.5 Å². The molecule has 0 aromatic heterocycles. The summed E-state index contributed by atoms with van der Waals surface area (Å²) in [6, 6.07) is 0. The van der Waals surface area contributed by atoms with Crippen molar-refractivity contribution in [1.29, 1.82) is 0 Å². The van der Waals surface area contributed by atoms with Crippen LogP contribution in [-0.2, 0) is 14.2 Å². The fourth-order valence-electron chi connectivity index (χ4n) is 2.94. The first kappa shape index (κ1) is 24.8. The van der Waals surface area contributed by atoms with Crippen LogP contribution >= 0.6 is 0 Å². The van der Waals surface area contributed by atoms with E-state index in [-0.39, 0.29) is 5.60 Å². The Morgan fingerprint density at radius 2 is 1.15 bits per heavy atom. The summed E-state index contributed by atoms with van der Waals surface area (Å²) in [6.07, 6.45) is 1.98. The SMILES string of the molecule is CC1(C)CCNCCO1.CC1CNCCOC1C.CC1CNCCOC1C. The van der Waals surface area contributed by atoms with Crippen LogP contribution in [0.3, 0.4) is 0 Å². The van der Waals surface area contributed by atoms with Gasteiger partial charge in [-0.3, -0.25) is 0 Å². The fourth-order valence-corrected chi connectivity index (χ4v) is 2.94. The van der Waals surface area contributed by atoms with Crippen molar-refractivity contribution in [3.63, 3.8) is 0 Å². The molecule has 0 aliphatic carbocycles. The zero-order valence-electron chi connectivity index (χ0n) is 18.6. The van der Waals surface area contributed by atoms with Crippen molar-refractivity contribution in [3.8, 4) is 0 Å². The first-order valence-corrected chi connectivity index (χ1v) is 10.8. The highest BCUT2D eigenvalue weighted by Crippen LogP contribution is 2.14. The smallest absolute Gasteiger partial charge is 0.0639 e. The van der Waals surface area contributed by atoms with Crippen LogP contribution in [0.25, 0.3) is 0 Å². The molecule has 4 unspecified atom stereocenters. The molecule has 3 N–H and O–H groups in total. The molecule has 3 saturated heterocycles. The molecule has 162 valence electrons. The van der Waals surface area contributed by atoms with E-state index in [4.69, 9.17) is 14.2 Å². The van der Waals surface area contributed by atoms with Gasteiger partial charge in [0.05, 0.1) is 37.6 Å². The molecule has 3 fully saturated rings. The summed E-state index contributed by atoms with van der Waals surface area (Å²) in [5, 5.41) is 9.88. The second kappa shape index (κ2) is 13.9. The Morgan fingerprint density at radius 3 is 1.67 bits per heavy atom. The standard InChI is InChI=1S/3C7H15NO/c1-7(2)3-4-8-5-6-9-7;2*1-6-5-8-3-4-9-7(6)2/h8H,3-6H2,1-2H3;2*6-8H,3-5H2,1-2H3. The maximum Gasteiger partial charge on any atom is 0.0639 e. The lowest BCUT2D eigenvalue weighted by Crippen LogP contribution is -2.24. The molecule has 27 heavy (non-hydrogen) atoms. The van der Waals surface area contributed by atoms with Crippen molar-refractivity contribution in [1.82, 2.24) is 16.0 Å². The molecule has 3 heterocycles. The molecule has 6 nitrogen and oxygen atoms in total. The molecule has 3 aliphatic heterocycles. The maximum absolute atomic E-state index is 5.53. The molecule has 0 bridgehead atoms. The second-order valence-corrected chi connectivity index (χ2v) is 8.62. The van der Waals surface area contributed by atoms with E-state index in [0.717, 1.165) is 65.5 Å². The number of hydrogen-bond donors (Lipinski definition) is 3. The summed E-state index contributed by atoms with van der Waals surface area (Å²) in [5.41, 5.74) is 0.101. The van der Waals surface area contributed by atoms with E-state index in [1.54, 1.807) is 0 Å². The highest BCUT2D eigenvalue weighted by atomic mass is 16.5. The summed E-state index contributed by atoms with van der Waals surface area (Å²) in [5.74, 6) is 1.32. The molecule has 3 rings (SSSR count). The number of rotatable bonds is 0. The van der Waals surface area contributed by atoms with Crippen molar-refractivity contribution in [2.24, 2.45) is 11.8 Å². The third-order valence-electron chi connectivity index (χ3n) is 5.53. The van der Waals surface area contributed by atoms with Gasteiger partial charge in [-0.15, -0.1) is 0 Å². The molecular weight excluding hydrogens is 342 g/mol. The number of ether oxygens (including phenoxy) is 3. The summed E-state index contributed by atoms with van der Waals surface area (Å²) in [7, 11) is 0. The van der Waals surface area contributed by atoms with Gasteiger partial charge in [-0.25, -0.2) is 0 Å². The van der Waals surface area contributed by atoms with Gasteiger partial charge in [-0.1, -0.05) is 13.8 Å². The molecule has 0 saturated carbocycles. The minimum atomic E-state index is 0.101. The second-order valence-electron chi connectivity index (χ2n) is 8.62. The summed E-state index contributed by atoms with van der Waals surface area (Å²) >= 11 is 0. The quantitative estimate of drug-likeness (QED) is 0.591. The van der Waals surface area contributed by atoms with Gasteiger partial charge in [0.1, 0.15) is 0 Å². The maximum atomic E-state index is 5.53. The first-order valence-electron chi connectivity index (χ1n) is 10.8. The summed E-state index contributed by atoms with van der Waals surface area (Å²) in [6.45, 7) is 21.9. The van der Waals surface area contributed by atoms with Crippen molar-refractivity contribution in [2.45, 2.75) is 65.8 Å². The Kier molecular flexibility index (Phi) is 12.7. The van der Waals surface area contributed by atoms with Crippen LogP contribution in [0, 0.1) is 11.8 Å². The van der Waals surface area contributed by atoms with Crippen LogP contribution in [-0.4, -0.2) is 76.9 Å². The third-order valence-corrected chi connectivity index (χ3v) is 5.53.